The van der Waals surface area contributed by atoms with Gasteiger partial charge in [0, 0.05) is 11.5 Å². The third kappa shape index (κ3) is 40.6. The summed E-state index contributed by atoms with van der Waals surface area (Å²) < 4.78 is 167. The zero-order valence-corrected chi connectivity index (χ0v) is 79.3. The summed E-state index contributed by atoms with van der Waals surface area (Å²) in [6, 6.07) is 88.5. The van der Waals surface area contributed by atoms with Crippen LogP contribution in [0.25, 0.3) is 0 Å². The van der Waals surface area contributed by atoms with Crippen molar-refractivity contribution in [3.63, 3.8) is 0 Å². The van der Waals surface area contributed by atoms with E-state index in [1.807, 2.05) is 38.1 Å². The van der Waals surface area contributed by atoms with Gasteiger partial charge in [-0.15, -0.1) is 0 Å². The molecule has 10 rings (SSSR count). The fraction of sp³-hybridized carbons (Fsp3) is 0.394. The van der Waals surface area contributed by atoms with Gasteiger partial charge in [-0.3, -0.25) is 14.4 Å². The molecule has 0 aromatic heterocycles. The number of hydrogen-bond donors (Lipinski definition) is 1. The first-order valence-electron chi connectivity index (χ1n) is 40.7. The zero-order valence-electron chi connectivity index (χ0n) is 74.4. The fourth-order valence-corrected chi connectivity index (χ4v) is 18.7. The van der Waals surface area contributed by atoms with E-state index in [0.29, 0.717) is 25.0 Å². The molecule has 10 aromatic rings. The first-order valence-corrected chi connectivity index (χ1v) is 48.9. The molecule has 131 heavy (non-hydrogen) atoms. The zero-order chi connectivity index (χ0) is 93.5. The molecule has 0 heterocycles. The van der Waals surface area contributed by atoms with Crippen molar-refractivity contribution >= 4 is 80.9 Å². The number of benzene rings is 10. The number of esters is 3. The van der Waals surface area contributed by atoms with Crippen LogP contribution >= 0.6 is 0 Å². The second kappa shape index (κ2) is 56.0. The molecule has 0 bridgehead atoms. The molecule has 0 unspecified atom stereocenters. The Morgan fingerprint density at radius 2 is 0.534 bits per heavy atom. The molecular weight excluding hydrogens is 1790 g/mol. The van der Waals surface area contributed by atoms with Crippen LogP contribution in [-0.4, -0.2) is 99.9 Å². The van der Waals surface area contributed by atoms with Gasteiger partial charge in [-0.25, -0.2) is 38.4 Å². The summed E-state index contributed by atoms with van der Waals surface area (Å²) in [7, 11) is -14.4. The van der Waals surface area contributed by atoms with E-state index in [9.17, 15) is 76.0 Å². The Bertz CT molecular complexity index is 5040. The van der Waals surface area contributed by atoms with E-state index in [-0.39, 0.29) is 131 Å². The van der Waals surface area contributed by atoms with Crippen molar-refractivity contribution in [2.45, 2.75) is 266 Å². The van der Waals surface area contributed by atoms with Crippen LogP contribution in [0, 0.1) is 39.5 Å². The maximum absolute atomic E-state index is 13.8. The first-order chi connectivity index (χ1) is 58.3. The van der Waals surface area contributed by atoms with Crippen LogP contribution in [0.15, 0.2) is 298 Å². The molecule has 0 amide bonds. The van der Waals surface area contributed by atoms with Crippen molar-refractivity contribution < 1.29 is 94.9 Å². The van der Waals surface area contributed by atoms with Gasteiger partial charge in [-0.1, -0.05) is 255 Å². The highest BCUT2D eigenvalue weighted by Crippen LogP contribution is 2.39. The summed E-state index contributed by atoms with van der Waals surface area (Å²) in [5.41, 5.74) is 2.71. The fourth-order valence-electron chi connectivity index (χ4n) is 10.9. The van der Waals surface area contributed by atoms with Crippen molar-refractivity contribution in [3.05, 3.63) is 289 Å². The minimum Gasteiger partial charge on any atom is -0.748 e. The first kappa shape index (κ1) is 124. The van der Waals surface area contributed by atoms with Gasteiger partial charge in [0.15, 0.2) is 67.3 Å². The Balaban J connectivity index is 0. The van der Waals surface area contributed by atoms with E-state index in [4.69, 9.17) is 14.2 Å². The van der Waals surface area contributed by atoms with E-state index in [0.717, 1.165) is 0 Å². The summed E-state index contributed by atoms with van der Waals surface area (Å²) in [6.45, 7) is 34.9. The largest absolute Gasteiger partial charge is 0.748 e. The van der Waals surface area contributed by atoms with Gasteiger partial charge in [0.2, 0.25) is 5.82 Å². The van der Waals surface area contributed by atoms with Crippen LogP contribution < -0.4 is 4.74 Å². The molecule has 724 valence electrons. The van der Waals surface area contributed by atoms with Crippen molar-refractivity contribution in [3.8, 4) is 11.5 Å². The third-order valence-corrected chi connectivity index (χ3v) is 28.8. The molecule has 0 aliphatic heterocycles. The summed E-state index contributed by atoms with van der Waals surface area (Å²) in [4.78, 5) is 44.2. The normalized spacial score (nSPS) is 11.4. The predicted octanol–water partition coefficient (Wildman–Crippen LogP) is 26.1. The van der Waals surface area contributed by atoms with Crippen LogP contribution in [0.4, 0.5) is 17.6 Å². The van der Waals surface area contributed by atoms with Gasteiger partial charge in [0.05, 0.1) is 82.4 Å². The lowest BCUT2D eigenvalue weighted by atomic mass is 9.87. The molecule has 1 N–H and O–H groups in total. The Labute approximate surface area is 791 Å². The summed E-state index contributed by atoms with van der Waals surface area (Å²) in [5.74, 6) is -12.9. The number of halogens is 4. The van der Waals surface area contributed by atoms with Crippen molar-refractivity contribution in [2.75, 3.05) is 37.9 Å². The molecule has 0 saturated carbocycles. The van der Waals surface area contributed by atoms with Crippen molar-refractivity contribution in [1.29, 1.82) is 0 Å². The Morgan fingerprint density at radius 3 is 0.748 bits per heavy atom. The number of carbonyl (C=O) groups is 3. The van der Waals surface area contributed by atoms with Crippen LogP contribution in [0.1, 0.15) is 218 Å². The number of phenols is 1. The Kier molecular flexibility index (Phi) is 52.9. The topological polar surface area (TPSA) is 280 Å². The van der Waals surface area contributed by atoms with Crippen molar-refractivity contribution in [1.82, 2.24) is 0 Å². The number of rotatable bonds is 28. The molecule has 0 spiro atoms. The minimum absolute atomic E-state index is 0. The van der Waals surface area contributed by atoms with E-state index >= 15 is 0 Å². The lowest BCUT2D eigenvalue weighted by Crippen LogP contribution is -2.27. The Morgan fingerprint density at radius 1 is 0.313 bits per heavy atom. The number of ether oxygens (including phenoxy) is 4. The van der Waals surface area contributed by atoms with Gasteiger partial charge in [0.1, 0.15) is 34.0 Å². The van der Waals surface area contributed by atoms with Gasteiger partial charge in [0.25, 0.3) is 0 Å². The highest BCUT2D eigenvalue weighted by molar-refractivity contribution is 7.97. The molecular formula is C104H142F4O17S6. The SMILES string of the molecule is C.C.C.C.C.C.CC(C)(C)c1ccc([S+](c2ccc(C(C)(C)C)cc2)c2ccc(C(C)(C)C)cc2)cc1.CCC(C)(C)C(=O)OCCCS(=O)(=O)[O-].CCC(C)(C)C(=O)OCCCS(=O)(=O)[O-].CCC(C)(C)C(=O)OCCOc1c(F)c(F)c(F)c(S(=O)(=O)[O-])c1F.Oc1ccc([S+](c2ccccc2)c2ccccc2)cc1.c1ccc([S+](c2ccccc2)c2ccccc2)cc1. The maximum Gasteiger partial charge on any atom is 0.311 e. The average molecular weight is 1930 g/mol. The van der Waals surface area contributed by atoms with Crippen molar-refractivity contribution in [2.24, 2.45) is 16.2 Å². The van der Waals surface area contributed by atoms with E-state index in [2.05, 4.69) is 279 Å². The van der Waals surface area contributed by atoms with E-state index in [1.54, 1.807) is 60.6 Å². The Hall–Kier alpha value is -9.29. The molecule has 27 heteroatoms. The van der Waals surface area contributed by atoms with Gasteiger partial charge >= 0.3 is 17.9 Å². The molecule has 0 fully saturated rings. The van der Waals surface area contributed by atoms with Gasteiger partial charge in [-0.05, 0) is 228 Å². The third-order valence-electron chi connectivity index (χ3n) is 19.7. The van der Waals surface area contributed by atoms with E-state index < -0.39 is 111 Å². The lowest BCUT2D eigenvalue weighted by molar-refractivity contribution is -0.155. The molecule has 0 atom stereocenters. The van der Waals surface area contributed by atoms with E-state index in [1.165, 1.54) is 60.7 Å². The standard InChI is InChI=1S/C30H39S.C18H14OS.C18H15S.C14H16F4O6S.2C9H18O5S.6CH4/c1-28(2,3)22-10-16-25(17-11-22)31(26-18-12-23(13-19-26)29(4,5)6)27-20-14-24(15-21-27)30(7,8)9;19-15-11-13-18(14-12-15)20(16-7-3-1-4-8-16)17-9-5-2-6-10-17;1-4-10-16(11-5-1)19(17-12-6-2-7-13-17)18-14-8-3-9-15-18;1-4-14(2,3)13(19)24-6-5-23-11-8(16)7(15)9(17)12(10(11)18)25(20,21)22;2*1-4-9(2,3)8(10)14-6-5-7-15(11,12)13;;;;;;/h10-21H,1-9H3;1-14H;1-15H;4-6H2,1-3H3,(H,20,21,22);2*4-7H2,1-3H3,(H,11,12,13);6*1H4/q+1;;+1;;;;;;;;;/p-2. The number of hydrogen-bond acceptors (Lipinski definition) is 17. The molecule has 0 saturated heterocycles. The second-order valence-electron chi connectivity index (χ2n) is 33.9. The van der Waals surface area contributed by atoms with Crippen LogP contribution in [0.5, 0.6) is 11.5 Å². The molecule has 0 aliphatic carbocycles. The number of aromatic hydroxyl groups is 1. The van der Waals surface area contributed by atoms with Crippen LogP contribution in [0.2, 0.25) is 0 Å². The molecule has 0 radical (unpaired) electrons. The second-order valence-corrected chi connectivity index (χ2v) is 44.3. The predicted molar refractivity (Wildman–Crippen MR) is 526 cm³/mol. The lowest BCUT2D eigenvalue weighted by Gasteiger charge is -2.21. The molecule has 10 aromatic carbocycles. The highest BCUT2D eigenvalue weighted by Gasteiger charge is 2.36. The van der Waals surface area contributed by atoms with Gasteiger partial charge < -0.3 is 37.7 Å². The number of phenolic OH excluding ortho intramolecular Hbond substituents is 1. The highest BCUT2D eigenvalue weighted by atomic mass is 32.2. The quantitative estimate of drug-likeness (QED) is 0.00697. The van der Waals surface area contributed by atoms with Gasteiger partial charge in [-0.2, -0.15) is 4.39 Å². The van der Waals surface area contributed by atoms with Crippen LogP contribution in [0.3, 0.4) is 0 Å². The minimum atomic E-state index is -5.76. The molecule has 17 nitrogen and oxygen atoms in total. The average Bonchev–Trinajstić information content (AvgIpc) is 0.774. The van der Waals surface area contributed by atoms with Crippen LogP contribution in [-0.2, 0) is 108 Å². The maximum atomic E-state index is 13.8. The smallest absolute Gasteiger partial charge is 0.311 e. The molecule has 0 aliphatic rings. The summed E-state index contributed by atoms with van der Waals surface area (Å²) in [5, 5.41) is 9.48. The number of carbonyl (C=O) groups excluding carboxylic acids is 3. The summed E-state index contributed by atoms with van der Waals surface area (Å²) in [6.07, 6.45) is 1.84. The summed E-state index contributed by atoms with van der Waals surface area (Å²) >= 11 is 0. The monoisotopic (exact) mass is 1930 g/mol.